The topological polar surface area (TPSA) is 87.3 Å². The predicted molar refractivity (Wildman–Crippen MR) is 171 cm³/mol. The first-order valence-electron chi connectivity index (χ1n) is 13.6. The summed E-state index contributed by atoms with van der Waals surface area (Å²) in [6, 6.07) is 35.1. The molecule has 0 aliphatic carbocycles. The minimum atomic E-state index is -0.628. The summed E-state index contributed by atoms with van der Waals surface area (Å²) in [4.78, 5) is 39.9. The molecular formula is C35H28FN3O3S. The van der Waals surface area contributed by atoms with Gasteiger partial charge in [-0.25, -0.2) is 4.39 Å². The van der Waals surface area contributed by atoms with Crippen molar-refractivity contribution in [3.8, 4) is 0 Å². The molecule has 0 aromatic heterocycles. The first-order chi connectivity index (χ1) is 20.9. The van der Waals surface area contributed by atoms with Gasteiger partial charge in [-0.05, 0) is 72.3 Å². The van der Waals surface area contributed by atoms with Gasteiger partial charge in [0.2, 0.25) is 5.91 Å². The second-order valence-corrected chi connectivity index (χ2v) is 11.1. The molecule has 1 atom stereocenters. The highest BCUT2D eigenvalue weighted by Crippen LogP contribution is 2.27. The van der Waals surface area contributed by atoms with Gasteiger partial charge in [0.1, 0.15) is 11.5 Å². The van der Waals surface area contributed by atoms with Crippen molar-refractivity contribution in [3.05, 3.63) is 144 Å². The van der Waals surface area contributed by atoms with Crippen molar-refractivity contribution in [2.24, 2.45) is 0 Å². The molecule has 0 heterocycles. The molecule has 0 saturated carbocycles. The Balaban J connectivity index is 1.28. The second kappa shape index (κ2) is 13.6. The van der Waals surface area contributed by atoms with Crippen LogP contribution in [0.25, 0.3) is 16.8 Å². The molecule has 0 bridgehead atoms. The monoisotopic (exact) mass is 589 g/mol. The molecule has 1 unspecified atom stereocenters. The standard InChI is InChI=1S/C35H28FN3O3S/c1-23(33(40)37-29-19-18-24-10-5-6-13-26(24)20-29)43-30-16-9-15-28(22-30)38-35(42)32(21-27-14-7-8-17-31(27)36)39-34(41)25-11-3-2-4-12-25/h2-23H,1H3,(H,37,40)(H,38,42)(H,39,41)/b32-21-. The Kier molecular flexibility index (Phi) is 9.29. The van der Waals surface area contributed by atoms with E-state index in [0.717, 1.165) is 15.7 Å². The molecule has 6 nitrogen and oxygen atoms in total. The number of nitrogens with one attached hydrogen (secondary N) is 3. The van der Waals surface area contributed by atoms with Crippen LogP contribution in [-0.2, 0) is 9.59 Å². The molecule has 5 aromatic rings. The summed E-state index contributed by atoms with van der Waals surface area (Å²) in [6.07, 6.45) is 1.29. The van der Waals surface area contributed by atoms with E-state index in [9.17, 15) is 18.8 Å². The molecule has 0 radical (unpaired) electrons. The van der Waals surface area contributed by atoms with E-state index in [4.69, 9.17) is 0 Å². The fourth-order valence-electron chi connectivity index (χ4n) is 4.30. The maximum absolute atomic E-state index is 14.4. The summed E-state index contributed by atoms with van der Waals surface area (Å²) < 4.78 is 14.4. The minimum absolute atomic E-state index is 0.125. The summed E-state index contributed by atoms with van der Waals surface area (Å²) in [7, 11) is 0. The zero-order valence-electron chi connectivity index (χ0n) is 23.2. The van der Waals surface area contributed by atoms with Crippen LogP contribution in [0.5, 0.6) is 0 Å². The van der Waals surface area contributed by atoms with Crippen molar-refractivity contribution in [1.82, 2.24) is 5.32 Å². The van der Waals surface area contributed by atoms with Crippen LogP contribution in [0, 0.1) is 5.82 Å². The van der Waals surface area contributed by atoms with Crippen molar-refractivity contribution >= 4 is 57.7 Å². The maximum atomic E-state index is 14.4. The third kappa shape index (κ3) is 7.75. The van der Waals surface area contributed by atoms with Crippen molar-refractivity contribution < 1.29 is 18.8 Å². The lowest BCUT2D eigenvalue weighted by molar-refractivity contribution is -0.115. The third-order valence-electron chi connectivity index (χ3n) is 6.52. The molecule has 5 rings (SSSR count). The lowest BCUT2D eigenvalue weighted by Gasteiger charge is -2.14. The van der Waals surface area contributed by atoms with Gasteiger partial charge in [0, 0.05) is 27.4 Å². The number of anilines is 2. The van der Waals surface area contributed by atoms with E-state index in [1.807, 2.05) is 48.5 Å². The number of carbonyl (C=O) groups excluding carboxylic acids is 3. The van der Waals surface area contributed by atoms with Crippen LogP contribution in [0.3, 0.4) is 0 Å². The Morgan fingerprint density at radius 2 is 1.42 bits per heavy atom. The molecule has 0 fully saturated rings. The number of carbonyl (C=O) groups is 3. The number of hydrogen-bond donors (Lipinski definition) is 3. The zero-order valence-corrected chi connectivity index (χ0v) is 24.0. The van der Waals surface area contributed by atoms with Gasteiger partial charge in [0.25, 0.3) is 11.8 Å². The number of fused-ring (bicyclic) bond motifs is 1. The number of amides is 3. The van der Waals surface area contributed by atoms with Crippen molar-refractivity contribution in [2.45, 2.75) is 17.1 Å². The lowest BCUT2D eigenvalue weighted by Crippen LogP contribution is -2.30. The van der Waals surface area contributed by atoms with E-state index in [1.165, 1.54) is 30.0 Å². The van der Waals surface area contributed by atoms with Crippen molar-refractivity contribution in [3.63, 3.8) is 0 Å². The number of thioether (sulfide) groups is 1. The highest BCUT2D eigenvalue weighted by atomic mass is 32.2. The fraction of sp³-hybridized carbons (Fsp3) is 0.0571. The van der Waals surface area contributed by atoms with E-state index in [-0.39, 0.29) is 17.2 Å². The summed E-state index contributed by atoms with van der Waals surface area (Å²) in [5, 5.41) is 10.1. The highest BCUT2D eigenvalue weighted by molar-refractivity contribution is 8.00. The Labute approximate surface area is 253 Å². The average Bonchev–Trinajstić information content (AvgIpc) is 3.02. The molecule has 0 aliphatic rings. The van der Waals surface area contributed by atoms with Gasteiger partial charge in [-0.1, -0.05) is 72.8 Å². The van der Waals surface area contributed by atoms with E-state index in [0.29, 0.717) is 16.9 Å². The van der Waals surface area contributed by atoms with Crippen molar-refractivity contribution in [1.29, 1.82) is 0 Å². The Morgan fingerprint density at radius 3 is 2.21 bits per heavy atom. The van der Waals surface area contributed by atoms with Crippen molar-refractivity contribution in [2.75, 3.05) is 10.6 Å². The summed E-state index contributed by atoms with van der Waals surface area (Å²) in [5.41, 5.74) is 1.54. The molecule has 0 saturated heterocycles. The van der Waals surface area contributed by atoms with Crippen LogP contribution >= 0.6 is 11.8 Å². The van der Waals surface area contributed by atoms with Gasteiger partial charge in [0.05, 0.1) is 5.25 Å². The fourth-order valence-corrected chi connectivity index (χ4v) is 5.23. The minimum Gasteiger partial charge on any atom is -0.325 e. The largest absolute Gasteiger partial charge is 0.325 e. The Morgan fingerprint density at radius 1 is 0.721 bits per heavy atom. The summed E-state index contributed by atoms with van der Waals surface area (Å²) in [5.74, 6) is -1.82. The number of hydrogen-bond acceptors (Lipinski definition) is 4. The zero-order chi connectivity index (χ0) is 30.2. The van der Waals surface area contributed by atoms with Crippen LogP contribution < -0.4 is 16.0 Å². The lowest BCUT2D eigenvalue weighted by atomic mass is 10.1. The van der Waals surface area contributed by atoms with Gasteiger partial charge in [-0.15, -0.1) is 11.8 Å². The highest BCUT2D eigenvalue weighted by Gasteiger charge is 2.18. The van der Waals surface area contributed by atoms with Crippen LogP contribution in [-0.4, -0.2) is 23.0 Å². The summed E-state index contributed by atoms with van der Waals surface area (Å²) >= 11 is 1.34. The van der Waals surface area contributed by atoms with Gasteiger partial charge >= 0.3 is 0 Å². The molecule has 0 aliphatic heterocycles. The van der Waals surface area contributed by atoms with E-state index in [1.54, 1.807) is 67.6 Å². The molecule has 8 heteroatoms. The number of benzene rings is 5. The van der Waals surface area contributed by atoms with E-state index < -0.39 is 22.9 Å². The quantitative estimate of drug-likeness (QED) is 0.123. The molecule has 0 spiro atoms. The number of halogens is 1. The van der Waals surface area contributed by atoms with Crippen LogP contribution in [0.1, 0.15) is 22.8 Å². The first-order valence-corrected chi connectivity index (χ1v) is 14.4. The van der Waals surface area contributed by atoms with E-state index in [2.05, 4.69) is 16.0 Å². The molecule has 214 valence electrons. The third-order valence-corrected chi connectivity index (χ3v) is 7.62. The molecule has 43 heavy (non-hydrogen) atoms. The summed E-state index contributed by atoms with van der Waals surface area (Å²) in [6.45, 7) is 1.81. The second-order valence-electron chi connectivity index (χ2n) is 9.69. The predicted octanol–water partition coefficient (Wildman–Crippen LogP) is 7.51. The maximum Gasteiger partial charge on any atom is 0.272 e. The number of rotatable bonds is 9. The first kappa shape index (κ1) is 29.3. The normalized spacial score (nSPS) is 11.9. The Hall–Kier alpha value is -5.21. The van der Waals surface area contributed by atoms with Gasteiger partial charge in [-0.2, -0.15) is 0 Å². The van der Waals surface area contributed by atoms with Crippen LogP contribution in [0.2, 0.25) is 0 Å². The van der Waals surface area contributed by atoms with E-state index >= 15 is 0 Å². The molecule has 5 aromatic carbocycles. The average molecular weight is 590 g/mol. The van der Waals surface area contributed by atoms with Crippen LogP contribution in [0.15, 0.2) is 132 Å². The van der Waals surface area contributed by atoms with Gasteiger partial charge in [-0.3, -0.25) is 14.4 Å². The SMILES string of the molecule is CC(Sc1cccc(NC(=O)/C(=C/c2ccccc2F)NC(=O)c2ccccc2)c1)C(=O)Nc1ccc2ccccc2c1. The Bertz CT molecular complexity index is 1820. The smallest absolute Gasteiger partial charge is 0.272 e. The molecule has 3 N–H and O–H groups in total. The van der Waals surface area contributed by atoms with Gasteiger partial charge in [0.15, 0.2) is 0 Å². The molecule has 3 amide bonds. The van der Waals surface area contributed by atoms with Crippen LogP contribution in [0.4, 0.5) is 15.8 Å². The van der Waals surface area contributed by atoms with Gasteiger partial charge < -0.3 is 16.0 Å². The molecular weight excluding hydrogens is 561 g/mol.